The van der Waals surface area contributed by atoms with Crippen LogP contribution in [0.1, 0.15) is 26.3 Å². The van der Waals surface area contributed by atoms with E-state index in [1.807, 2.05) is 28.7 Å². The van der Waals surface area contributed by atoms with Crippen molar-refractivity contribution in [3.8, 4) is 11.5 Å². The summed E-state index contributed by atoms with van der Waals surface area (Å²) in [6, 6.07) is 16.2. The smallest absolute Gasteiger partial charge is 0.343 e. The number of hydrazone groups is 1. The van der Waals surface area contributed by atoms with Crippen molar-refractivity contribution in [3.63, 3.8) is 0 Å². The van der Waals surface area contributed by atoms with Crippen LogP contribution in [0.5, 0.6) is 11.5 Å². The first-order chi connectivity index (χ1) is 16.8. The van der Waals surface area contributed by atoms with Gasteiger partial charge in [0.1, 0.15) is 0 Å². The van der Waals surface area contributed by atoms with Crippen LogP contribution in [0.25, 0.3) is 0 Å². The van der Waals surface area contributed by atoms with Crippen LogP contribution in [0.15, 0.2) is 65.8 Å². The lowest BCUT2D eigenvalue weighted by molar-refractivity contribution is -0.120. The number of rotatable bonds is 8. The molecule has 0 aliphatic carbocycles. The van der Waals surface area contributed by atoms with Gasteiger partial charge in [-0.1, -0.05) is 35.3 Å². The van der Waals surface area contributed by atoms with Gasteiger partial charge in [-0.15, -0.1) is 0 Å². The number of carbonyl (C=O) groups excluding carboxylic acids is 3. The SMILES string of the molecule is COc1cc(C=NNC(=O)CNC(=O)c2ccccc2I)ccc1OC(=O)c1ccc(Cl)c(Cl)c1. The molecule has 3 rings (SSSR count). The fraction of sp³-hybridized carbons (Fsp3) is 0.0833. The number of nitrogens with zero attached hydrogens (tertiary/aromatic N) is 1. The molecule has 8 nitrogen and oxygen atoms in total. The molecule has 3 aromatic rings. The summed E-state index contributed by atoms with van der Waals surface area (Å²) in [7, 11) is 1.42. The molecule has 11 heteroatoms. The third kappa shape index (κ3) is 7.41. The van der Waals surface area contributed by atoms with Gasteiger partial charge in [-0.25, -0.2) is 10.2 Å². The van der Waals surface area contributed by atoms with Crippen molar-refractivity contribution < 1.29 is 23.9 Å². The van der Waals surface area contributed by atoms with E-state index < -0.39 is 11.9 Å². The molecule has 180 valence electrons. The van der Waals surface area contributed by atoms with Gasteiger partial charge < -0.3 is 14.8 Å². The summed E-state index contributed by atoms with van der Waals surface area (Å²) < 4.78 is 11.5. The van der Waals surface area contributed by atoms with Crippen LogP contribution < -0.4 is 20.2 Å². The zero-order chi connectivity index (χ0) is 25.4. The Morgan fingerprint density at radius 1 is 1.00 bits per heavy atom. The largest absolute Gasteiger partial charge is 0.493 e. The van der Waals surface area contributed by atoms with Gasteiger partial charge >= 0.3 is 5.97 Å². The molecule has 0 saturated carbocycles. The Morgan fingerprint density at radius 3 is 2.49 bits per heavy atom. The van der Waals surface area contributed by atoms with Gasteiger partial charge in [0.25, 0.3) is 11.8 Å². The fourth-order valence-electron chi connectivity index (χ4n) is 2.75. The summed E-state index contributed by atoms with van der Waals surface area (Å²) in [5, 5.41) is 6.97. The first-order valence-electron chi connectivity index (χ1n) is 9.98. The Kier molecular flexibility index (Phi) is 9.47. The summed E-state index contributed by atoms with van der Waals surface area (Å²) in [6.07, 6.45) is 1.38. The molecule has 0 saturated heterocycles. The Balaban J connectivity index is 1.56. The highest BCUT2D eigenvalue weighted by Crippen LogP contribution is 2.29. The quantitative estimate of drug-likeness (QED) is 0.124. The van der Waals surface area contributed by atoms with Crippen LogP contribution >= 0.6 is 45.8 Å². The van der Waals surface area contributed by atoms with Crippen molar-refractivity contribution >= 4 is 69.8 Å². The molecule has 3 aromatic carbocycles. The van der Waals surface area contributed by atoms with Crippen molar-refractivity contribution in [1.29, 1.82) is 0 Å². The Labute approximate surface area is 224 Å². The minimum Gasteiger partial charge on any atom is -0.493 e. The molecule has 2 amide bonds. The van der Waals surface area contributed by atoms with Gasteiger partial charge in [0.15, 0.2) is 11.5 Å². The Hall–Kier alpha value is -3.15. The van der Waals surface area contributed by atoms with Gasteiger partial charge in [0.05, 0.1) is 41.0 Å². The van der Waals surface area contributed by atoms with Crippen molar-refractivity contribution in [3.05, 3.63) is 91.0 Å². The number of esters is 1. The van der Waals surface area contributed by atoms with Gasteiger partial charge in [-0.3, -0.25) is 9.59 Å². The predicted octanol–water partition coefficient (Wildman–Crippen LogP) is 4.71. The fourth-order valence-corrected chi connectivity index (χ4v) is 3.68. The van der Waals surface area contributed by atoms with E-state index in [0.717, 1.165) is 3.57 Å². The average Bonchev–Trinajstić information content (AvgIpc) is 2.85. The maximum absolute atomic E-state index is 12.4. The molecule has 0 radical (unpaired) electrons. The zero-order valence-corrected chi connectivity index (χ0v) is 21.8. The highest BCUT2D eigenvalue weighted by molar-refractivity contribution is 14.1. The van der Waals surface area contributed by atoms with E-state index in [-0.39, 0.29) is 34.5 Å². The summed E-state index contributed by atoms with van der Waals surface area (Å²) in [5.74, 6) is -1.03. The number of halogens is 3. The third-order valence-corrected chi connectivity index (χ3v) is 6.16. The molecule has 0 aliphatic heterocycles. The van der Waals surface area contributed by atoms with Crippen LogP contribution in [0.3, 0.4) is 0 Å². The number of hydrogen-bond acceptors (Lipinski definition) is 6. The topological polar surface area (TPSA) is 106 Å². The first kappa shape index (κ1) is 26.5. The monoisotopic (exact) mass is 625 g/mol. The molecule has 0 bridgehead atoms. The van der Waals surface area contributed by atoms with E-state index in [0.29, 0.717) is 16.1 Å². The zero-order valence-electron chi connectivity index (χ0n) is 18.2. The van der Waals surface area contributed by atoms with Gasteiger partial charge in [-0.2, -0.15) is 5.10 Å². The van der Waals surface area contributed by atoms with Crippen molar-refractivity contribution in [2.45, 2.75) is 0 Å². The standard InChI is InChI=1S/C24H18Cl2IN3O5/c1-34-21-10-14(6-9-20(21)35-24(33)15-7-8-17(25)18(26)11-15)12-29-30-22(31)13-28-23(32)16-4-2-3-5-19(16)27/h2-12H,13H2,1H3,(H,28,32)(H,30,31). The molecule has 35 heavy (non-hydrogen) atoms. The van der Waals surface area contributed by atoms with Crippen molar-refractivity contribution in [1.82, 2.24) is 10.7 Å². The Bertz CT molecular complexity index is 1300. The van der Waals surface area contributed by atoms with E-state index in [1.54, 1.807) is 30.3 Å². The first-order valence-corrected chi connectivity index (χ1v) is 11.8. The second-order valence-electron chi connectivity index (χ2n) is 6.88. The number of carbonyl (C=O) groups is 3. The molecule has 0 atom stereocenters. The minimum absolute atomic E-state index is 0.183. The number of methoxy groups -OCH3 is 1. The minimum atomic E-state index is -0.636. The normalized spacial score (nSPS) is 10.6. The van der Waals surface area contributed by atoms with E-state index in [2.05, 4.69) is 15.8 Å². The lowest BCUT2D eigenvalue weighted by Crippen LogP contribution is -2.35. The summed E-state index contributed by atoms with van der Waals surface area (Å²) in [4.78, 5) is 36.6. The highest BCUT2D eigenvalue weighted by atomic mass is 127. The van der Waals surface area contributed by atoms with E-state index >= 15 is 0 Å². The summed E-state index contributed by atoms with van der Waals surface area (Å²) in [6.45, 7) is -0.242. The Morgan fingerprint density at radius 2 is 1.77 bits per heavy atom. The lowest BCUT2D eigenvalue weighted by atomic mass is 10.2. The van der Waals surface area contributed by atoms with Crippen molar-refractivity contribution in [2.24, 2.45) is 5.10 Å². The van der Waals surface area contributed by atoms with Gasteiger partial charge in [0.2, 0.25) is 0 Å². The molecule has 0 fully saturated rings. The molecule has 2 N–H and O–H groups in total. The van der Waals surface area contributed by atoms with Crippen LogP contribution in [0.2, 0.25) is 10.0 Å². The molecule has 0 heterocycles. The van der Waals surface area contributed by atoms with Crippen LogP contribution in [-0.4, -0.2) is 37.7 Å². The maximum atomic E-state index is 12.4. The molecule has 0 aliphatic rings. The summed E-state index contributed by atoms with van der Waals surface area (Å²) >= 11 is 13.9. The number of ether oxygens (including phenoxy) is 2. The van der Waals surface area contributed by atoms with Crippen LogP contribution in [0, 0.1) is 3.57 Å². The number of benzene rings is 3. The number of hydrogen-bond donors (Lipinski definition) is 2. The average molecular weight is 626 g/mol. The maximum Gasteiger partial charge on any atom is 0.343 e. The second kappa shape index (κ2) is 12.5. The van der Waals surface area contributed by atoms with E-state index in [9.17, 15) is 14.4 Å². The molecule has 0 unspecified atom stereocenters. The van der Waals surface area contributed by atoms with Crippen LogP contribution in [0.4, 0.5) is 0 Å². The van der Waals surface area contributed by atoms with E-state index in [4.69, 9.17) is 32.7 Å². The van der Waals surface area contributed by atoms with Gasteiger partial charge in [-0.05, 0) is 76.7 Å². The predicted molar refractivity (Wildman–Crippen MR) is 142 cm³/mol. The second-order valence-corrected chi connectivity index (χ2v) is 8.86. The summed E-state index contributed by atoms with van der Waals surface area (Å²) in [5.41, 5.74) is 3.61. The van der Waals surface area contributed by atoms with Crippen molar-refractivity contribution in [2.75, 3.05) is 13.7 Å². The van der Waals surface area contributed by atoms with Crippen LogP contribution in [-0.2, 0) is 4.79 Å². The molecule has 0 spiro atoms. The molecule has 0 aromatic heterocycles. The highest BCUT2D eigenvalue weighted by Gasteiger charge is 2.14. The number of amides is 2. The van der Waals surface area contributed by atoms with Gasteiger partial charge in [0, 0.05) is 3.57 Å². The lowest BCUT2D eigenvalue weighted by Gasteiger charge is -2.10. The third-order valence-electron chi connectivity index (χ3n) is 4.48. The molecular weight excluding hydrogens is 608 g/mol. The number of nitrogens with one attached hydrogen (secondary N) is 2. The molecular formula is C24H18Cl2IN3O5. The van der Waals surface area contributed by atoms with E-state index in [1.165, 1.54) is 37.6 Å².